The van der Waals surface area contributed by atoms with Gasteiger partial charge in [-0.2, -0.15) is 13.5 Å². The van der Waals surface area contributed by atoms with Crippen LogP contribution in [0.5, 0.6) is 11.5 Å². The van der Waals surface area contributed by atoms with Crippen molar-refractivity contribution in [1.29, 1.82) is 0 Å². The number of nitrogens with zero attached hydrogens (tertiary/aromatic N) is 1. The number of carbonyl (C=O) groups excluding carboxylic acids is 1. The zero-order valence-corrected chi connectivity index (χ0v) is 19.3. The van der Waals surface area contributed by atoms with Crippen molar-refractivity contribution in [1.82, 2.24) is 5.43 Å². The Bertz CT molecular complexity index is 1220. The number of rotatable bonds is 10. The van der Waals surface area contributed by atoms with E-state index in [9.17, 15) is 13.2 Å². The molecule has 0 aliphatic rings. The van der Waals surface area contributed by atoms with Crippen molar-refractivity contribution >= 4 is 22.2 Å². The highest BCUT2D eigenvalue weighted by molar-refractivity contribution is 7.87. The van der Waals surface area contributed by atoms with Crippen molar-refractivity contribution < 1.29 is 22.1 Å². The molecule has 1 N–H and O–H groups in total. The van der Waals surface area contributed by atoms with E-state index in [2.05, 4.69) is 17.5 Å². The normalized spacial score (nSPS) is 11.3. The van der Waals surface area contributed by atoms with Gasteiger partial charge in [0.05, 0.1) is 19.7 Å². The van der Waals surface area contributed by atoms with Gasteiger partial charge in [0.1, 0.15) is 10.6 Å². The van der Waals surface area contributed by atoms with Crippen LogP contribution in [0, 0.1) is 0 Å². The third kappa shape index (κ3) is 6.92. The summed E-state index contributed by atoms with van der Waals surface area (Å²) in [6.45, 7) is 2.06. The summed E-state index contributed by atoms with van der Waals surface area (Å²) in [6.07, 6.45) is 3.32. The second kappa shape index (κ2) is 11.3. The Morgan fingerprint density at radius 2 is 1.76 bits per heavy atom. The average Bonchev–Trinajstić information content (AvgIpc) is 2.81. The summed E-state index contributed by atoms with van der Waals surface area (Å²) in [7, 11) is -2.46. The number of para-hydroxylation sites is 1. The molecule has 0 heterocycles. The van der Waals surface area contributed by atoms with Crippen LogP contribution in [0.15, 0.2) is 82.8 Å². The first kappa shape index (κ1) is 24.0. The third-order valence-corrected chi connectivity index (χ3v) is 6.01. The Labute approximate surface area is 194 Å². The van der Waals surface area contributed by atoms with Crippen molar-refractivity contribution in [2.45, 2.75) is 31.1 Å². The Kier molecular flexibility index (Phi) is 8.21. The minimum absolute atomic E-state index is 0.0701. The fourth-order valence-electron chi connectivity index (χ4n) is 3.12. The van der Waals surface area contributed by atoms with E-state index in [-0.39, 0.29) is 23.0 Å². The largest absolute Gasteiger partial charge is 0.497 e. The maximum Gasteiger partial charge on any atom is 0.339 e. The number of hydrogen-bond donors (Lipinski definition) is 1. The second-order valence-electron chi connectivity index (χ2n) is 7.29. The molecule has 0 saturated heterocycles. The van der Waals surface area contributed by atoms with Gasteiger partial charge in [0.2, 0.25) is 5.91 Å². The predicted octanol–water partition coefficient (Wildman–Crippen LogP) is 4.11. The molecule has 0 fully saturated rings. The lowest BCUT2D eigenvalue weighted by Gasteiger charge is -2.10. The van der Waals surface area contributed by atoms with Crippen LogP contribution in [0.1, 0.15) is 30.0 Å². The zero-order valence-electron chi connectivity index (χ0n) is 18.5. The number of amides is 1. The van der Waals surface area contributed by atoms with Gasteiger partial charge in [-0.15, -0.1) is 0 Å². The molecule has 0 unspecified atom stereocenters. The van der Waals surface area contributed by atoms with E-state index >= 15 is 0 Å². The van der Waals surface area contributed by atoms with Crippen LogP contribution in [0.2, 0.25) is 0 Å². The molecule has 0 spiro atoms. The molecule has 3 aromatic carbocycles. The molecule has 0 aliphatic carbocycles. The van der Waals surface area contributed by atoms with Gasteiger partial charge in [0.25, 0.3) is 0 Å². The lowest BCUT2D eigenvalue weighted by molar-refractivity contribution is -0.120. The van der Waals surface area contributed by atoms with Crippen LogP contribution in [0.4, 0.5) is 0 Å². The van der Waals surface area contributed by atoms with Crippen LogP contribution >= 0.6 is 0 Å². The maximum absolute atomic E-state index is 12.7. The molecular weight excluding hydrogens is 440 g/mol. The molecule has 0 aliphatic heterocycles. The van der Waals surface area contributed by atoms with Crippen molar-refractivity contribution in [3.63, 3.8) is 0 Å². The van der Waals surface area contributed by atoms with Gasteiger partial charge in [-0.05, 0) is 53.9 Å². The van der Waals surface area contributed by atoms with Gasteiger partial charge in [0, 0.05) is 5.56 Å². The topological polar surface area (TPSA) is 94.1 Å². The van der Waals surface area contributed by atoms with Crippen molar-refractivity contribution in [2.75, 3.05) is 7.11 Å². The summed E-state index contributed by atoms with van der Waals surface area (Å²) in [5.74, 6) is 0.453. The number of nitrogens with one attached hydrogen (secondary N) is 1. The molecule has 33 heavy (non-hydrogen) atoms. The summed E-state index contributed by atoms with van der Waals surface area (Å²) >= 11 is 0. The van der Waals surface area contributed by atoms with E-state index in [1.165, 1.54) is 24.4 Å². The average molecular weight is 467 g/mol. The highest BCUT2D eigenvalue weighted by atomic mass is 32.2. The monoisotopic (exact) mass is 466 g/mol. The first-order chi connectivity index (χ1) is 15.9. The van der Waals surface area contributed by atoms with E-state index in [1.54, 1.807) is 55.6 Å². The number of aryl methyl sites for hydroxylation is 1. The molecule has 7 nitrogen and oxygen atoms in total. The molecule has 0 atom stereocenters. The summed E-state index contributed by atoms with van der Waals surface area (Å²) < 4.78 is 35.9. The number of hydrazone groups is 1. The van der Waals surface area contributed by atoms with Gasteiger partial charge in [-0.25, -0.2) is 5.43 Å². The smallest absolute Gasteiger partial charge is 0.339 e. The Morgan fingerprint density at radius 3 is 2.48 bits per heavy atom. The molecule has 0 saturated carbocycles. The molecular formula is C25H26N2O5S. The molecule has 172 valence electrons. The van der Waals surface area contributed by atoms with Gasteiger partial charge in [0.15, 0.2) is 5.75 Å². The number of hydrogen-bond acceptors (Lipinski definition) is 6. The Morgan fingerprint density at radius 1 is 1.00 bits per heavy atom. The summed E-state index contributed by atoms with van der Waals surface area (Å²) in [5.41, 5.74) is 4.69. The van der Waals surface area contributed by atoms with Gasteiger partial charge in [-0.3, -0.25) is 4.79 Å². The van der Waals surface area contributed by atoms with E-state index in [4.69, 9.17) is 8.92 Å². The van der Waals surface area contributed by atoms with Crippen LogP contribution in [-0.2, 0) is 27.8 Å². The van der Waals surface area contributed by atoms with Gasteiger partial charge in [-0.1, -0.05) is 49.7 Å². The zero-order chi connectivity index (χ0) is 23.7. The first-order valence-electron chi connectivity index (χ1n) is 10.5. The first-order valence-corrected chi connectivity index (χ1v) is 11.9. The van der Waals surface area contributed by atoms with Crippen LogP contribution in [0.25, 0.3) is 0 Å². The van der Waals surface area contributed by atoms with Crippen LogP contribution in [-0.4, -0.2) is 27.6 Å². The van der Waals surface area contributed by atoms with E-state index in [0.717, 1.165) is 24.0 Å². The minimum Gasteiger partial charge on any atom is -0.497 e. The SMILES string of the molecule is CCCc1ccc(S(=O)(=O)Oc2ccccc2C=NNC(=O)Cc2cccc(OC)c2)cc1. The van der Waals surface area contributed by atoms with Crippen molar-refractivity contribution in [3.8, 4) is 11.5 Å². The fraction of sp³-hybridized carbons (Fsp3) is 0.200. The highest BCUT2D eigenvalue weighted by Crippen LogP contribution is 2.22. The lowest BCUT2D eigenvalue weighted by Crippen LogP contribution is -2.20. The Balaban J connectivity index is 1.67. The number of ether oxygens (including phenoxy) is 1. The van der Waals surface area contributed by atoms with E-state index < -0.39 is 10.1 Å². The van der Waals surface area contributed by atoms with E-state index in [1.807, 2.05) is 6.07 Å². The summed E-state index contributed by atoms with van der Waals surface area (Å²) in [4.78, 5) is 12.3. The molecule has 0 bridgehead atoms. The Hall–Kier alpha value is -3.65. The summed E-state index contributed by atoms with van der Waals surface area (Å²) in [6, 6.07) is 20.4. The standard InChI is InChI=1S/C25H26N2O5S/c1-3-7-19-12-14-23(15-13-19)33(29,30)32-24-11-5-4-9-21(24)18-26-27-25(28)17-20-8-6-10-22(16-20)31-2/h4-6,8-16,18H,3,7,17H2,1-2H3,(H,27,28). The van der Waals surface area contributed by atoms with Crippen molar-refractivity contribution in [3.05, 3.63) is 89.5 Å². The quantitative estimate of drug-likeness (QED) is 0.276. The number of methoxy groups -OCH3 is 1. The molecule has 1 amide bonds. The van der Waals surface area contributed by atoms with Crippen molar-refractivity contribution in [2.24, 2.45) is 5.10 Å². The lowest BCUT2D eigenvalue weighted by atomic mass is 10.1. The van der Waals surface area contributed by atoms with E-state index in [0.29, 0.717) is 11.3 Å². The summed E-state index contributed by atoms with van der Waals surface area (Å²) in [5, 5.41) is 3.95. The van der Waals surface area contributed by atoms with Gasteiger partial charge >= 0.3 is 10.1 Å². The highest BCUT2D eigenvalue weighted by Gasteiger charge is 2.18. The second-order valence-corrected chi connectivity index (χ2v) is 8.84. The number of carbonyl (C=O) groups is 1. The fourth-order valence-corrected chi connectivity index (χ4v) is 4.08. The molecule has 0 aromatic heterocycles. The molecule has 0 radical (unpaired) electrons. The molecule has 3 aromatic rings. The molecule has 3 rings (SSSR count). The van der Waals surface area contributed by atoms with Gasteiger partial charge < -0.3 is 8.92 Å². The third-order valence-electron chi connectivity index (χ3n) is 4.76. The maximum atomic E-state index is 12.7. The molecule has 8 heteroatoms. The number of benzene rings is 3. The minimum atomic E-state index is -4.02. The predicted molar refractivity (Wildman–Crippen MR) is 127 cm³/mol. The van der Waals surface area contributed by atoms with Crippen LogP contribution < -0.4 is 14.3 Å². The van der Waals surface area contributed by atoms with Crippen LogP contribution in [0.3, 0.4) is 0 Å².